The van der Waals surface area contributed by atoms with Crippen LogP contribution in [0.2, 0.25) is 5.28 Å². The van der Waals surface area contributed by atoms with Gasteiger partial charge in [-0.15, -0.1) is 0 Å². The molecule has 0 saturated carbocycles. The average Bonchev–Trinajstić information content (AvgIpc) is 2.16. The van der Waals surface area contributed by atoms with Crippen LogP contribution in [0.1, 0.15) is 26.2 Å². The van der Waals surface area contributed by atoms with Gasteiger partial charge >= 0.3 is 0 Å². The lowest BCUT2D eigenvalue weighted by atomic mass is 10.1. The Morgan fingerprint density at radius 1 is 1.69 bits per heavy atom. The molecule has 0 aliphatic rings. The Labute approximate surface area is 99.4 Å². The van der Waals surface area contributed by atoms with Crippen molar-refractivity contribution in [3.05, 3.63) is 17.5 Å². The number of halogens is 1. The highest BCUT2D eigenvalue weighted by Gasteiger charge is 2.04. The number of nitrogens with two attached hydrogens (primary N) is 1. The number of nitrogens with zero attached hydrogens (tertiary/aromatic N) is 2. The number of carbonyl (C=O) groups is 1. The van der Waals surface area contributed by atoms with Crippen LogP contribution in [0.5, 0.6) is 0 Å². The summed E-state index contributed by atoms with van der Waals surface area (Å²) in [5, 5.41) is 2.76. The smallest absolute Gasteiger partial charge is 0.225 e. The Morgan fingerprint density at radius 2 is 2.44 bits per heavy atom. The van der Waals surface area contributed by atoms with Crippen LogP contribution in [0.25, 0.3) is 0 Å². The van der Waals surface area contributed by atoms with Crippen molar-refractivity contribution in [2.24, 2.45) is 5.73 Å². The highest BCUT2D eigenvalue weighted by molar-refractivity contribution is 6.28. The fourth-order valence-electron chi connectivity index (χ4n) is 1.19. The van der Waals surface area contributed by atoms with Crippen LogP contribution in [0.4, 0.5) is 5.82 Å². The number of aromatic nitrogens is 2. The fourth-order valence-corrected chi connectivity index (χ4v) is 1.34. The van der Waals surface area contributed by atoms with Crippen molar-refractivity contribution in [3.8, 4) is 0 Å². The van der Waals surface area contributed by atoms with E-state index in [2.05, 4.69) is 15.3 Å². The van der Waals surface area contributed by atoms with Crippen molar-refractivity contribution >= 4 is 23.3 Å². The number of hydrogen-bond donors (Lipinski definition) is 2. The maximum atomic E-state index is 11.4. The summed E-state index contributed by atoms with van der Waals surface area (Å²) in [6.07, 6.45) is 3.52. The topological polar surface area (TPSA) is 80.9 Å². The summed E-state index contributed by atoms with van der Waals surface area (Å²) < 4.78 is 0. The molecule has 0 saturated heterocycles. The second kappa shape index (κ2) is 6.40. The van der Waals surface area contributed by atoms with Gasteiger partial charge in [0, 0.05) is 18.7 Å². The molecule has 6 heteroatoms. The average molecular weight is 243 g/mol. The lowest BCUT2D eigenvalue weighted by Gasteiger charge is -2.05. The summed E-state index contributed by atoms with van der Waals surface area (Å²) in [6, 6.07) is 1.72. The number of nitrogens with one attached hydrogen (secondary N) is 1. The summed E-state index contributed by atoms with van der Waals surface area (Å²) in [5.41, 5.74) is 5.58. The highest BCUT2D eigenvalue weighted by atomic mass is 35.5. The summed E-state index contributed by atoms with van der Waals surface area (Å²) in [6.45, 7) is 1.92. The third kappa shape index (κ3) is 5.04. The molecule has 0 aliphatic carbocycles. The molecule has 16 heavy (non-hydrogen) atoms. The van der Waals surface area contributed by atoms with Crippen molar-refractivity contribution in [2.75, 3.05) is 5.32 Å². The van der Waals surface area contributed by atoms with Crippen LogP contribution < -0.4 is 11.1 Å². The summed E-state index contributed by atoms with van der Waals surface area (Å²) in [4.78, 5) is 19.0. The molecule has 1 aromatic heterocycles. The van der Waals surface area contributed by atoms with Crippen LogP contribution in [-0.2, 0) is 4.79 Å². The van der Waals surface area contributed by atoms with Gasteiger partial charge in [0.05, 0.1) is 0 Å². The molecule has 1 amide bonds. The molecule has 1 rings (SSSR count). The molecule has 0 spiro atoms. The van der Waals surface area contributed by atoms with E-state index < -0.39 is 0 Å². The number of anilines is 1. The van der Waals surface area contributed by atoms with Gasteiger partial charge in [-0.1, -0.05) is 0 Å². The maximum absolute atomic E-state index is 11.4. The minimum Gasteiger partial charge on any atom is -0.328 e. The molecule has 0 aromatic carbocycles. The van der Waals surface area contributed by atoms with Crippen LogP contribution in [0.3, 0.4) is 0 Å². The number of rotatable bonds is 5. The summed E-state index contributed by atoms with van der Waals surface area (Å²) in [7, 11) is 0. The SMILES string of the molecule is CC(N)CCCC(=O)Nc1ccnc(Cl)n1. The zero-order valence-corrected chi connectivity index (χ0v) is 9.87. The van der Waals surface area contributed by atoms with Crippen molar-refractivity contribution in [1.82, 2.24) is 9.97 Å². The van der Waals surface area contributed by atoms with E-state index >= 15 is 0 Å². The van der Waals surface area contributed by atoms with Gasteiger partial charge in [0.25, 0.3) is 0 Å². The van der Waals surface area contributed by atoms with Gasteiger partial charge in [-0.25, -0.2) is 9.97 Å². The Balaban J connectivity index is 2.34. The molecule has 0 aliphatic heterocycles. The highest BCUT2D eigenvalue weighted by Crippen LogP contribution is 2.07. The standard InChI is InChI=1S/C10H15ClN4O/c1-7(12)3-2-4-9(16)14-8-5-6-13-10(11)15-8/h5-7H,2-4,12H2,1H3,(H,13,14,15,16). The molecule has 3 N–H and O–H groups in total. The predicted molar refractivity (Wildman–Crippen MR) is 63.2 cm³/mol. The molecular weight excluding hydrogens is 228 g/mol. The lowest BCUT2D eigenvalue weighted by molar-refractivity contribution is -0.116. The van der Waals surface area contributed by atoms with E-state index in [0.29, 0.717) is 12.2 Å². The van der Waals surface area contributed by atoms with Gasteiger partial charge in [-0.3, -0.25) is 4.79 Å². The second-order valence-corrected chi connectivity index (χ2v) is 3.97. The third-order valence-electron chi connectivity index (χ3n) is 1.96. The largest absolute Gasteiger partial charge is 0.328 e. The van der Waals surface area contributed by atoms with Gasteiger partial charge in [0.1, 0.15) is 5.82 Å². The van der Waals surface area contributed by atoms with Crippen molar-refractivity contribution in [1.29, 1.82) is 0 Å². The predicted octanol–water partition coefficient (Wildman–Crippen LogP) is 1.59. The molecule has 88 valence electrons. The third-order valence-corrected chi connectivity index (χ3v) is 2.14. The van der Waals surface area contributed by atoms with Gasteiger partial charge in [-0.05, 0) is 37.4 Å². The van der Waals surface area contributed by atoms with E-state index in [1.165, 1.54) is 6.20 Å². The van der Waals surface area contributed by atoms with E-state index in [9.17, 15) is 4.79 Å². The lowest BCUT2D eigenvalue weighted by Crippen LogP contribution is -2.17. The van der Waals surface area contributed by atoms with E-state index in [-0.39, 0.29) is 17.2 Å². The van der Waals surface area contributed by atoms with Crippen LogP contribution in [-0.4, -0.2) is 21.9 Å². The number of amides is 1. The van der Waals surface area contributed by atoms with E-state index in [1.807, 2.05) is 6.92 Å². The van der Waals surface area contributed by atoms with Crippen molar-refractivity contribution in [3.63, 3.8) is 0 Å². The van der Waals surface area contributed by atoms with Crippen LogP contribution in [0, 0.1) is 0 Å². The Morgan fingerprint density at radius 3 is 3.06 bits per heavy atom. The van der Waals surface area contributed by atoms with Gasteiger partial charge in [0.15, 0.2) is 0 Å². The first-order valence-electron chi connectivity index (χ1n) is 5.12. The van der Waals surface area contributed by atoms with Crippen LogP contribution in [0.15, 0.2) is 12.3 Å². The first-order chi connectivity index (χ1) is 7.58. The molecule has 0 radical (unpaired) electrons. The monoisotopic (exact) mass is 242 g/mol. The Kier molecular flexibility index (Phi) is 5.14. The van der Waals surface area contributed by atoms with Crippen LogP contribution >= 0.6 is 11.6 Å². The van der Waals surface area contributed by atoms with Gasteiger partial charge in [-0.2, -0.15) is 0 Å². The second-order valence-electron chi connectivity index (χ2n) is 3.63. The zero-order chi connectivity index (χ0) is 12.0. The summed E-state index contributed by atoms with van der Waals surface area (Å²) >= 11 is 5.58. The molecule has 5 nitrogen and oxygen atoms in total. The molecule has 1 atom stereocenters. The Hall–Kier alpha value is -1.20. The zero-order valence-electron chi connectivity index (χ0n) is 9.11. The van der Waals surface area contributed by atoms with Gasteiger partial charge in [0.2, 0.25) is 11.2 Å². The van der Waals surface area contributed by atoms with Crippen molar-refractivity contribution < 1.29 is 4.79 Å². The Bertz CT molecular complexity index is 356. The van der Waals surface area contributed by atoms with E-state index in [0.717, 1.165) is 12.8 Å². The van der Waals surface area contributed by atoms with Crippen molar-refractivity contribution in [2.45, 2.75) is 32.2 Å². The molecular formula is C10H15ClN4O. The van der Waals surface area contributed by atoms with E-state index in [4.69, 9.17) is 17.3 Å². The van der Waals surface area contributed by atoms with Gasteiger partial charge < -0.3 is 11.1 Å². The number of hydrogen-bond acceptors (Lipinski definition) is 4. The van der Waals surface area contributed by atoms with E-state index in [1.54, 1.807) is 6.07 Å². The molecule has 0 bridgehead atoms. The molecule has 1 heterocycles. The summed E-state index contributed by atoms with van der Waals surface area (Å²) in [5.74, 6) is 0.334. The maximum Gasteiger partial charge on any atom is 0.225 e. The molecule has 1 aromatic rings. The minimum absolute atomic E-state index is 0.0876. The number of carbonyl (C=O) groups excluding carboxylic acids is 1. The fraction of sp³-hybridized carbons (Fsp3) is 0.500. The molecule has 0 fully saturated rings. The normalized spacial score (nSPS) is 12.2. The quantitative estimate of drug-likeness (QED) is 0.769. The molecule has 1 unspecified atom stereocenters. The first kappa shape index (κ1) is 12.9. The first-order valence-corrected chi connectivity index (χ1v) is 5.49. The minimum atomic E-state index is -0.0876.